The molecule has 1 aliphatic heterocycles. The summed E-state index contributed by atoms with van der Waals surface area (Å²) in [5.41, 5.74) is 0.656. The van der Waals surface area contributed by atoms with Crippen molar-refractivity contribution >= 4 is 27.9 Å². The Kier molecular flexibility index (Phi) is 13.1. The molecule has 1 saturated heterocycles. The van der Waals surface area contributed by atoms with Crippen LogP contribution in [0.4, 0.5) is 0 Å². The zero-order valence-corrected chi connectivity index (χ0v) is 25.7. The maximum absolute atomic E-state index is 13.5. The average molecular weight is 581 g/mol. The molecule has 1 atom stereocenters. The van der Waals surface area contributed by atoms with E-state index in [-0.39, 0.29) is 5.91 Å². The van der Waals surface area contributed by atoms with E-state index in [4.69, 9.17) is 9.47 Å². The van der Waals surface area contributed by atoms with Gasteiger partial charge in [-0.2, -0.15) is 0 Å². The van der Waals surface area contributed by atoms with Crippen LogP contribution in [0, 0.1) is 0 Å². The molecule has 1 N–H and O–H groups in total. The first-order valence-corrected chi connectivity index (χ1v) is 21.3. The van der Waals surface area contributed by atoms with E-state index in [0.29, 0.717) is 29.6 Å². The summed E-state index contributed by atoms with van der Waals surface area (Å²) in [5.74, 6) is 1.26. The van der Waals surface area contributed by atoms with E-state index in [9.17, 15) is 4.79 Å². The summed E-state index contributed by atoms with van der Waals surface area (Å²) in [6.45, 7) is 12.0. The molecule has 0 spiro atoms. The predicted molar refractivity (Wildman–Crippen MR) is 147 cm³/mol. The van der Waals surface area contributed by atoms with E-state index >= 15 is 0 Å². The third kappa shape index (κ3) is 7.52. The number of hydrogen-bond acceptors (Lipinski definition) is 4. The molecule has 0 bridgehead atoms. The van der Waals surface area contributed by atoms with E-state index in [1.165, 1.54) is 61.8 Å². The Labute approximate surface area is 213 Å². The average Bonchev–Trinajstić information content (AvgIpc) is 3.33. The van der Waals surface area contributed by atoms with Gasteiger partial charge < -0.3 is 0 Å². The van der Waals surface area contributed by atoms with E-state index in [1.807, 2.05) is 0 Å². The fourth-order valence-corrected chi connectivity index (χ4v) is 21.6. The second-order valence-corrected chi connectivity index (χ2v) is 23.2. The number of benzene rings is 1. The number of likely N-dealkylation sites (N-methyl/N-ethyl adjacent to an activating group) is 1. The Bertz CT molecular complexity index is 734. The Morgan fingerprint density at radius 3 is 2.12 bits per heavy atom. The van der Waals surface area contributed by atoms with E-state index in [2.05, 4.69) is 50.0 Å². The zero-order chi connectivity index (χ0) is 25.0. The van der Waals surface area contributed by atoms with Crippen LogP contribution in [0.25, 0.3) is 0 Å². The second-order valence-electron chi connectivity index (χ2n) is 9.98. The number of amides is 1. The molecule has 0 saturated carbocycles. The van der Waals surface area contributed by atoms with Crippen LogP contribution < -0.4 is 18.4 Å². The summed E-state index contributed by atoms with van der Waals surface area (Å²) < 4.78 is 17.1. The van der Waals surface area contributed by atoms with Crippen LogP contribution in [0.5, 0.6) is 11.5 Å². The van der Waals surface area contributed by atoms with Crippen LogP contribution in [-0.4, -0.2) is 69.1 Å². The van der Waals surface area contributed by atoms with Crippen molar-refractivity contribution in [1.29, 1.82) is 0 Å². The molecule has 6 heteroatoms. The Balaban J connectivity index is 2.45. The number of methoxy groups -OCH3 is 2. The SMILES string of the molecule is CCC[CH2][Sn]([CH2]CCC)([CH2]CCC)[c]1cc(OC)c(OC)c(C(=O)NCC2CCCN2CC)c1. The summed E-state index contributed by atoms with van der Waals surface area (Å²) in [4.78, 5) is 16.0. The number of rotatable bonds is 16. The summed E-state index contributed by atoms with van der Waals surface area (Å²) >= 11 is -2.73. The summed E-state index contributed by atoms with van der Waals surface area (Å²) in [5, 5.41) is 3.25. The molecule has 2 rings (SSSR count). The van der Waals surface area contributed by atoms with Gasteiger partial charge in [0.25, 0.3) is 0 Å². The van der Waals surface area contributed by atoms with Crippen molar-refractivity contribution in [2.24, 2.45) is 0 Å². The fraction of sp³-hybridized carbons (Fsp3) is 0.750. The zero-order valence-electron chi connectivity index (χ0n) is 22.8. The van der Waals surface area contributed by atoms with Crippen molar-refractivity contribution in [1.82, 2.24) is 10.2 Å². The van der Waals surface area contributed by atoms with Gasteiger partial charge in [0.05, 0.1) is 0 Å². The fourth-order valence-electron chi connectivity index (χ4n) is 5.64. The number of hydrogen-bond donors (Lipinski definition) is 1. The van der Waals surface area contributed by atoms with E-state index in [1.54, 1.807) is 14.2 Å². The third-order valence-corrected chi connectivity index (χ3v) is 23.3. The van der Waals surface area contributed by atoms with Crippen LogP contribution in [0.1, 0.15) is 89.4 Å². The monoisotopic (exact) mass is 582 g/mol. The number of ether oxygens (including phenoxy) is 2. The third-order valence-electron chi connectivity index (χ3n) is 7.77. The van der Waals surface area contributed by atoms with E-state index in [0.717, 1.165) is 19.5 Å². The molecule has 34 heavy (non-hydrogen) atoms. The molecule has 1 amide bonds. The second kappa shape index (κ2) is 15.2. The van der Waals surface area contributed by atoms with Gasteiger partial charge in [-0.3, -0.25) is 0 Å². The first kappa shape index (κ1) is 29.3. The van der Waals surface area contributed by atoms with Gasteiger partial charge in [0.2, 0.25) is 0 Å². The molecule has 1 fully saturated rings. The summed E-state index contributed by atoms with van der Waals surface area (Å²) in [7, 11) is 3.34. The van der Waals surface area contributed by atoms with Crippen LogP contribution in [0.3, 0.4) is 0 Å². The topological polar surface area (TPSA) is 50.8 Å². The van der Waals surface area contributed by atoms with Crippen molar-refractivity contribution in [3.8, 4) is 11.5 Å². The van der Waals surface area contributed by atoms with Gasteiger partial charge in [-0.05, 0) is 0 Å². The number of nitrogens with zero attached hydrogens (tertiary/aromatic N) is 1. The standard InChI is InChI=1S/C16H23N2O3.3C4H9.Sn/c1-4-18-10-6-7-12(18)11-17-16(19)13-8-5-9-14(20-2)15(13)21-3;3*1-3-4-2;/h8-9,12H,4,6-7,10-11H2,1-3H3,(H,17,19);3*1,3-4H2,2H3;. The number of nitrogens with one attached hydrogen (secondary N) is 1. The van der Waals surface area contributed by atoms with Gasteiger partial charge in [-0.1, -0.05) is 0 Å². The molecule has 1 aliphatic rings. The molecule has 5 nitrogen and oxygen atoms in total. The minimum absolute atomic E-state index is 0.0263. The predicted octanol–water partition coefficient (Wildman–Crippen LogP) is 5.97. The number of unbranched alkanes of at least 4 members (excludes halogenated alkanes) is 3. The molecular weight excluding hydrogens is 531 g/mol. The summed E-state index contributed by atoms with van der Waals surface area (Å²) in [6.07, 6.45) is 9.91. The molecule has 0 radical (unpaired) electrons. The van der Waals surface area contributed by atoms with Crippen molar-refractivity contribution in [2.45, 2.75) is 98.4 Å². The van der Waals surface area contributed by atoms with Crippen molar-refractivity contribution in [3.63, 3.8) is 0 Å². The van der Waals surface area contributed by atoms with Crippen LogP contribution in [0.15, 0.2) is 12.1 Å². The summed E-state index contributed by atoms with van der Waals surface area (Å²) in [6, 6.07) is 4.88. The molecule has 1 aromatic rings. The first-order chi connectivity index (χ1) is 16.5. The quantitative estimate of drug-likeness (QED) is 0.245. The van der Waals surface area contributed by atoms with Gasteiger partial charge >= 0.3 is 214 Å². The van der Waals surface area contributed by atoms with Gasteiger partial charge in [0.15, 0.2) is 0 Å². The first-order valence-electron chi connectivity index (χ1n) is 13.8. The van der Waals surface area contributed by atoms with E-state index < -0.39 is 18.4 Å². The Hall–Kier alpha value is -0.951. The molecule has 0 aliphatic carbocycles. The molecule has 194 valence electrons. The van der Waals surface area contributed by atoms with Gasteiger partial charge in [-0.15, -0.1) is 0 Å². The van der Waals surface area contributed by atoms with Gasteiger partial charge in [-0.25, -0.2) is 0 Å². The maximum atomic E-state index is 13.5. The van der Waals surface area contributed by atoms with Crippen LogP contribution in [-0.2, 0) is 0 Å². The molecule has 1 aromatic carbocycles. The number of likely N-dealkylation sites (tertiary alicyclic amines) is 1. The van der Waals surface area contributed by atoms with Crippen LogP contribution >= 0.6 is 0 Å². The van der Waals surface area contributed by atoms with Gasteiger partial charge in [0, 0.05) is 0 Å². The van der Waals surface area contributed by atoms with Gasteiger partial charge in [0.1, 0.15) is 0 Å². The number of carbonyl (C=O) groups excluding carboxylic acids is 1. The van der Waals surface area contributed by atoms with Crippen molar-refractivity contribution < 1.29 is 14.3 Å². The minimum atomic E-state index is -2.73. The van der Waals surface area contributed by atoms with Crippen LogP contribution in [0.2, 0.25) is 13.3 Å². The van der Waals surface area contributed by atoms with Crippen molar-refractivity contribution in [3.05, 3.63) is 17.7 Å². The number of carbonyl (C=O) groups is 1. The normalized spacial score (nSPS) is 16.6. The molecular formula is C28H50N2O3Sn. The Morgan fingerprint density at radius 1 is 1.00 bits per heavy atom. The molecule has 1 unspecified atom stereocenters. The van der Waals surface area contributed by atoms with Crippen molar-refractivity contribution in [2.75, 3.05) is 33.9 Å². The Morgan fingerprint density at radius 2 is 1.62 bits per heavy atom. The molecule has 0 aromatic heterocycles. The molecule has 1 heterocycles.